The van der Waals surface area contributed by atoms with Crippen molar-refractivity contribution in [3.8, 4) is 0 Å². The molecule has 0 unspecified atom stereocenters. The van der Waals surface area contributed by atoms with Crippen LogP contribution in [0.1, 0.15) is 25.3 Å². The molecule has 0 spiro atoms. The van der Waals surface area contributed by atoms with Gasteiger partial charge in [-0.15, -0.1) is 0 Å². The molecule has 18 heavy (non-hydrogen) atoms. The lowest BCUT2D eigenvalue weighted by molar-refractivity contribution is -0.156. The first-order valence-electron chi connectivity index (χ1n) is 5.54. The third-order valence-corrected chi connectivity index (χ3v) is 2.48. The predicted molar refractivity (Wildman–Crippen MR) is 65.3 cm³/mol. The van der Waals surface area contributed by atoms with E-state index in [1.807, 2.05) is 0 Å². The van der Waals surface area contributed by atoms with E-state index in [2.05, 4.69) is 4.98 Å². The molecule has 0 amide bonds. The van der Waals surface area contributed by atoms with E-state index in [9.17, 15) is 9.59 Å². The minimum absolute atomic E-state index is 0.178. The maximum absolute atomic E-state index is 11.8. The zero-order chi connectivity index (χ0) is 13.5. The van der Waals surface area contributed by atoms with E-state index in [1.165, 1.54) is 18.5 Å². The number of aromatic nitrogens is 1. The lowest BCUT2D eigenvalue weighted by Gasteiger charge is -2.15. The highest BCUT2D eigenvalue weighted by Crippen LogP contribution is 2.26. The van der Waals surface area contributed by atoms with Gasteiger partial charge in [-0.3, -0.25) is 14.6 Å². The van der Waals surface area contributed by atoms with Gasteiger partial charge in [0.05, 0.1) is 18.2 Å². The summed E-state index contributed by atoms with van der Waals surface area (Å²) in [6, 6.07) is 1.50. The van der Waals surface area contributed by atoms with Gasteiger partial charge in [-0.1, -0.05) is 11.6 Å². The molecular weight excluding hydrogens is 258 g/mol. The molecule has 98 valence electrons. The standard InChI is InChI=1S/C12H14ClNO4/c1-3-17-11(15)10(12(16)18-4-2)8-5-6-14-7-9(8)13/h5-7,10H,3-4H2,1-2H3. The minimum Gasteiger partial charge on any atom is -0.465 e. The molecule has 0 fully saturated rings. The SMILES string of the molecule is CCOC(=O)C(C(=O)OCC)c1ccncc1Cl. The Morgan fingerprint density at radius 2 is 1.83 bits per heavy atom. The van der Waals surface area contributed by atoms with E-state index >= 15 is 0 Å². The van der Waals surface area contributed by atoms with Crippen LogP contribution in [0.15, 0.2) is 18.5 Å². The maximum atomic E-state index is 11.8. The second kappa shape index (κ2) is 6.96. The van der Waals surface area contributed by atoms with Crippen LogP contribution >= 0.6 is 11.6 Å². The van der Waals surface area contributed by atoms with E-state index in [0.29, 0.717) is 5.56 Å². The first-order valence-corrected chi connectivity index (χ1v) is 5.92. The van der Waals surface area contributed by atoms with Crippen LogP contribution in [0.25, 0.3) is 0 Å². The fraction of sp³-hybridized carbons (Fsp3) is 0.417. The Bertz CT molecular complexity index is 418. The third kappa shape index (κ3) is 3.43. The fourth-order valence-electron chi connectivity index (χ4n) is 1.42. The zero-order valence-electron chi connectivity index (χ0n) is 10.2. The molecule has 0 bridgehead atoms. The number of nitrogens with zero attached hydrogens (tertiary/aromatic N) is 1. The van der Waals surface area contributed by atoms with Crippen LogP contribution in [0.4, 0.5) is 0 Å². The summed E-state index contributed by atoms with van der Waals surface area (Å²) in [4.78, 5) is 27.4. The molecule has 0 saturated carbocycles. The van der Waals surface area contributed by atoms with Crippen LogP contribution in [-0.4, -0.2) is 30.1 Å². The van der Waals surface area contributed by atoms with Crippen molar-refractivity contribution >= 4 is 23.5 Å². The van der Waals surface area contributed by atoms with E-state index in [0.717, 1.165) is 0 Å². The molecule has 1 heterocycles. The lowest BCUT2D eigenvalue weighted by Crippen LogP contribution is -2.26. The Balaban J connectivity index is 3.08. The molecule has 1 aromatic heterocycles. The Hall–Kier alpha value is -1.62. The van der Waals surface area contributed by atoms with Gasteiger partial charge in [-0.05, 0) is 25.5 Å². The van der Waals surface area contributed by atoms with Gasteiger partial charge >= 0.3 is 11.9 Å². The Morgan fingerprint density at radius 1 is 1.28 bits per heavy atom. The molecule has 0 atom stereocenters. The number of hydrogen-bond donors (Lipinski definition) is 0. The zero-order valence-corrected chi connectivity index (χ0v) is 10.9. The van der Waals surface area contributed by atoms with Crippen LogP contribution in [0.2, 0.25) is 5.02 Å². The largest absolute Gasteiger partial charge is 0.465 e. The van der Waals surface area contributed by atoms with Crippen molar-refractivity contribution < 1.29 is 19.1 Å². The van der Waals surface area contributed by atoms with Gasteiger partial charge in [0, 0.05) is 12.4 Å². The summed E-state index contributed by atoms with van der Waals surface area (Å²) in [6.45, 7) is 3.68. The van der Waals surface area contributed by atoms with Crippen LogP contribution in [0, 0.1) is 0 Å². The van der Waals surface area contributed by atoms with Gasteiger partial charge in [0.25, 0.3) is 0 Å². The molecule has 0 aliphatic heterocycles. The number of rotatable bonds is 5. The molecule has 1 rings (SSSR count). The van der Waals surface area contributed by atoms with Crippen LogP contribution in [0.5, 0.6) is 0 Å². The Kier molecular flexibility index (Phi) is 5.58. The summed E-state index contributed by atoms with van der Waals surface area (Å²) >= 11 is 5.93. The average Bonchev–Trinajstić information content (AvgIpc) is 2.33. The highest BCUT2D eigenvalue weighted by atomic mass is 35.5. The summed E-state index contributed by atoms with van der Waals surface area (Å²) < 4.78 is 9.72. The number of halogens is 1. The number of carbonyl (C=O) groups excluding carboxylic acids is 2. The molecule has 1 aromatic rings. The van der Waals surface area contributed by atoms with Gasteiger partial charge in [-0.25, -0.2) is 0 Å². The highest BCUT2D eigenvalue weighted by molar-refractivity contribution is 6.32. The summed E-state index contributed by atoms with van der Waals surface area (Å²) in [5.74, 6) is -2.52. The van der Waals surface area contributed by atoms with E-state index in [1.54, 1.807) is 13.8 Å². The molecule has 5 nitrogen and oxygen atoms in total. The molecule has 0 aliphatic carbocycles. The minimum atomic E-state index is -1.17. The molecule has 0 aromatic carbocycles. The van der Waals surface area contributed by atoms with Gasteiger partial charge in [0.15, 0.2) is 5.92 Å². The highest BCUT2D eigenvalue weighted by Gasteiger charge is 2.33. The van der Waals surface area contributed by atoms with Crippen molar-refractivity contribution in [2.75, 3.05) is 13.2 Å². The molecular formula is C12H14ClNO4. The van der Waals surface area contributed by atoms with Crippen LogP contribution < -0.4 is 0 Å². The average molecular weight is 272 g/mol. The van der Waals surface area contributed by atoms with Crippen molar-refractivity contribution in [3.63, 3.8) is 0 Å². The van der Waals surface area contributed by atoms with Crippen molar-refractivity contribution in [2.24, 2.45) is 0 Å². The van der Waals surface area contributed by atoms with Crippen molar-refractivity contribution in [1.29, 1.82) is 0 Å². The third-order valence-electron chi connectivity index (χ3n) is 2.16. The molecule has 0 N–H and O–H groups in total. The Morgan fingerprint density at radius 3 is 2.28 bits per heavy atom. The quantitative estimate of drug-likeness (QED) is 0.605. The van der Waals surface area contributed by atoms with Crippen LogP contribution in [0.3, 0.4) is 0 Å². The van der Waals surface area contributed by atoms with Gasteiger partial charge < -0.3 is 9.47 Å². The number of hydrogen-bond acceptors (Lipinski definition) is 5. The van der Waals surface area contributed by atoms with Crippen molar-refractivity contribution in [2.45, 2.75) is 19.8 Å². The predicted octanol–water partition coefficient (Wildman–Crippen LogP) is 1.94. The maximum Gasteiger partial charge on any atom is 0.324 e. The Labute approximate surface area is 110 Å². The van der Waals surface area contributed by atoms with E-state index < -0.39 is 17.9 Å². The van der Waals surface area contributed by atoms with E-state index in [-0.39, 0.29) is 18.2 Å². The molecule has 6 heteroatoms. The first kappa shape index (κ1) is 14.4. The number of ether oxygens (including phenoxy) is 2. The fourth-order valence-corrected chi connectivity index (χ4v) is 1.65. The number of carbonyl (C=O) groups is 2. The summed E-state index contributed by atoms with van der Waals surface area (Å²) in [5.41, 5.74) is 0.337. The lowest BCUT2D eigenvalue weighted by atomic mass is 10.0. The summed E-state index contributed by atoms with van der Waals surface area (Å²) in [5, 5.41) is 0.226. The summed E-state index contributed by atoms with van der Waals surface area (Å²) in [7, 11) is 0. The number of esters is 2. The van der Waals surface area contributed by atoms with E-state index in [4.69, 9.17) is 21.1 Å². The normalized spacial score (nSPS) is 10.2. The van der Waals surface area contributed by atoms with Crippen molar-refractivity contribution in [3.05, 3.63) is 29.0 Å². The monoisotopic (exact) mass is 271 g/mol. The molecule has 0 aliphatic rings. The second-order valence-corrected chi connectivity index (χ2v) is 3.74. The van der Waals surface area contributed by atoms with Gasteiger partial charge in [0.1, 0.15) is 0 Å². The van der Waals surface area contributed by atoms with Crippen LogP contribution in [-0.2, 0) is 19.1 Å². The van der Waals surface area contributed by atoms with Crippen molar-refractivity contribution in [1.82, 2.24) is 4.98 Å². The molecule has 0 saturated heterocycles. The number of pyridine rings is 1. The topological polar surface area (TPSA) is 65.5 Å². The summed E-state index contributed by atoms with van der Waals surface area (Å²) in [6.07, 6.45) is 2.81. The molecule has 0 radical (unpaired) electrons. The second-order valence-electron chi connectivity index (χ2n) is 3.33. The van der Waals surface area contributed by atoms with Gasteiger partial charge in [0.2, 0.25) is 0 Å². The smallest absolute Gasteiger partial charge is 0.324 e. The first-order chi connectivity index (χ1) is 8.61. The van der Waals surface area contributed by atoms with Gasteiger partial charge in [-0.2, -0.15) is 0 Å².